The van der Waals surface area contributed by atoms with Crippen LogP contribution in [0.3, 0.4) is 0 Å². The summed E-state index contributed by atoms with van der Waals surface area (Å²) in [5.74, 6) is -0.965. The maximum atomic E-state index is 11.5. The van der Waals surface area contributed by atoms with Gasteiger partial charge in [0.25, 0.3) is 0 Å². The van der Waals surface area contributed by atoms with Crippen molar-refractivity contribution in [3.8, 4) is 0 Å². The van der Waals surface area contributed by atoms with Gasteiger partial charge in [-0.3, -0.25) is 9.78 Å². The van der Waals surface area contributed by atoms with Gasteiger partial charge in [0.15, 0.2) is 0 Å². The van der Waals surface area contributed by atoms with Crippen LogP contribution in [0.1, 0.15) is 39.2 Å². The number of hydrogen-bond donors (Lipinski definition) is 1. The number of carboxylic acids is 1. The zero-order valence-corrected chi connectivity index (χ0v) is 15.3. The van der Waals surface area contributed by atoms with Crippen LogP contribution in [0.2, 0.25) is 0 Å². The third-order valence-electron chi connectivity index (χ3n) is 3.81. The van der Waals surface area contributed by atoms with Crippen molar-refractivity contribution in [2.24, 2.45) is 5.92 Å². The number of carboxylic acid groups (broad SMARTS) is 1. The molecule has 0 bridgehead atoms. The van der Waals surface area contributed by atoms with Gasteiger partial charge in [-0.1, -0.05) is 39.3 Å². The minimum atomic E-state index is -0.682. The number of fused-ring (bicyclic) bond motifs is 1. The van der Waals surface area contributed by atoms with Crippen LogP contribution in [0.15, 0.2) is 36.7 Å². The highest BCUT2D eigenvalue weighted by Crippen LogP contribution is 2.27. The van der Waals surface area contributed by atoms with E-state index in [1.54, 1.807) is 18.0 Å². The maximum absolute atomic E-state index is 11.5. The summed E-state index contributed by atoms with van der Waals surface area (Å²) in [6.07, 6.45) is 8.05. The number of hydrogen-bond acceptors (Lipinski definition) is 3. The molecule has 0 saturated heterocycles. The number of nitrogens with zero attached hydrogens (tertiary/aromatic N) is 1. The molecule has 0 aliphatic carbocycles. The molecule has 2 unspecified atom stereocenters. The molecule has 0 fully saturated rings. The summed E-state index contributed by atoms with van der Waals surface area (Å²) in [6, 6.07) is 8.29. The van der Waals surface area contributed by atoms with Gasteiger partial charge in [0.1, 0.15) is 0 Å². The molecule has 1 aromatic heterocycles. The van der Waals surface area contributed by atoms with Crippen LogP contribution in [0.25, 0.3) is 10.8 Å². The van der Waals surface area contributed by atoms with Crippen molar-refractivity contribution in [1.29, 1.82) is 0 Å². The summed E-state index contributed by atoms with van der Waals surface area (Å²) in [4.78, 5) is 15.6. The van der Waals surface area contributed by atoms with Crippen LogP contribution in [0, 0.1) is 5.92 Å². The molecule has 0 saturated carbocycles. The Morgan fingerprint density at radius 3 is 2.61 bits per heavy atom. The fourth-order valence-electron chi connectivity index (χ4n) is 2.66. The second-order valence-electron chi connectivity index (χ2n) is 5.27. The van der Waals surface area contributed by atoms with Crippen LogP contribution < -0.4 is 0 Å². The lowest BCUT2D eigenvalue weighted by molar-refractivity contribution is -0.141. The first-order valence-corrected chi connectivity index (χ1v) is 9.52. The minimum absolute atomic E-state index is 0.108. The van der Waals surface area contributed by atoms with Crippen LogP contribution in [0.5, 0.6) is 0 Å². The van der Waals surface area contributed by atoms with E-state index >= 15 is 0 Å². The zero-order chi connectivity index (χ0) is 17.2. The van der Waals surface area contributed by atoms with Gasteiger partial charge in [0.05, 0.1) is 5.92 Å². The molecule has 1 N–H and O–H groups in total. The highest BCUT2D eigenvalue weighted by molar-refractivity contribution is 7.99. The number of aliphatic carboxylic acids is 1. The molecule has 126 valence electrons. The van der Waals surface area contributed by atoms with Crippen molar-refractivity contribution in [2.45, 2.75) is 45.3 Å². The summed E-state index contributed by atoms with van der Waals surface area (Å²) in [6.45, 7) is 6.04. The fourth-order valence-corrected chi connectivity index (χ4v) is 3.60. The van der Waals surface area contributed by atoms with E-state index in [0.29, 0.717) is 0 Å². The second-order valence-corrected chi connectivity index (χ2v) is 6.35. The van der Waals surface area contributed by atoms with E-state index in [2.05, 4.69) is 23.2 Å². The predicted octanol–water partition coefficient (Wildman–Crippen LogP) is 5.04. The smallest absolute Gasteiger partial charge is 0.307 e. The molecular weight excluding hydrogens is 306 g/mol. The predicted molar refractivity (Wildman–Crippen MR) is 100 cm³/mol. The Morgan fingerprint density at radius 2 is 2.00 bits per heavy atom. The van der Waals surface area contributed by atoms with Crippen molar-refractivity contribution in [1.82, 2.24) is 4.98 Å². The first kappa shape index (κ1) is 19.5. The maximum Gasteiger partial charge on any atom is 0.307 e. The van der Waals surface area contributed by atoms with Crippen LogP contribution in [-0.2, 0) is 11.2 Å². The van der Waals surface area contributed by atoms with E-state index in [4.69, 9.17) is 0 Å². The average molecular weight is 333 g/mol. The Bertz CT molecular complexity index is 615. The van der Waals surface area contributed by atoms with Crippen LogP contribution in [-0.4, -0.2) is 27.6 Å². The van der Waals surface area contributed by atoms with E-state index in [1.165, 1.54) is 5.56 Å². The molecule has 2 aromatic rings. The third-order valence-corrected chi connectivity index (χ3v) is 4.91. The van der Waals surface area contributed by atoms with E-state index in [1.807, 2.05) is 39.3 Å². The van der Waals surface area contributed by atoms with Gasteiger partial charge in [0.2, 0.25) is 0 Å². The molecule has 0 spiro atoms. The molecule has 0 amide bonds. The fraction of sp³-hybridized carbons (Fsp3) is 0.474. The number of thioether (sulfide) groups is 1. The summed E-state index contributed by atoms with van der Waals surface area (Å²) in [5.41, 5.74) is 1.18. The zero-order valence-electron chi connectivity index (χ0n) is 14.5. The van der Waals surface area contributed by atoms with Crippen molar-refractivity contribution in [3.05, 3.63) is 42.2 Å². The van der Waals surface area contributed by atoms with E-state index in [-0.39, 0.29) is 11.2 Å². The third kappa shape index (κ3) is 5.54. The summed E-state index contributed by atoms with van der Waals surface area (Å²) in [5, 5.41) is 11.8. The van der Waals surface area contributed by atoms with Crippen molar-refractivity contribution < 1.29 is 9.90 Å². The summed E-state index contributed by atoms with van der Waals surface area (Å²) < 4.78 is 0. The monoisotopic (exact) mass is 333 g/mol. The first-order valence-electron chi connectivity index (χ1n) is 8.24. The topological polar surface area (TPSA) is 50.2 Å². The molecule has 2 rings (SSSR count). The van der Waals surface area contributed by atoms with Gasteiger partial charge in [-0.25, -0.2) is 0 Å². The number of benzene rings is 1. The number of pyridine rings is 1. The molecule has 2 atom stereocenters. The lowest BCUT2D eigenvalue weighted by Gasteiger charge is -2.22. The molecule has 23 heavy (non-hydrogen) atoms. The Kier molecular flexibility index (Phi) is 8.70. The van der Waals surface area contributed by atoms with E-state index in [9.17, 15) is 9.90 Å². The Morgan fingerprint density at radius 1 is 1.26 bits per heavy atom. The molecule has 0 aliphatic heterocycles. The Hall–Kier alpha value is -1.55. The van der Waals surface area contributed by atoms with Crippen molar-refractivity contribution in [2.75, 3.05) is 6.26 Å². The molecule has 0 aliphatic rings. The normalized spacial score (nSPS) is 13.0. The minimum Gasteiger partial charge on any atom is -0.481 e. The standard InChI is InChI=1S/C17H21NO2S.C2H6/c1-3-4-15(17(19)20)16(21-2)10-12-5-6-13-7-8-18-11-14(13)9-12;1-2/h5-9,11,15-16H,3-4,10H2,1-2H3,(H,19,20);1-2H3. The number of rotatable bonds is 7. The summed E-state index contributed by atoms with van der Waals surface area (Å²) in [7, 11) is 0. The highest BCUT2D eigenvalue weighted by Gasteiger charge is 2.26. The quantitative estimate of drug-likeness (QED) is 0.771. The number of aromatic nitrogens is 1. The van der Waals surface area contributed by atoms with E-state index in [0.717, 1.165) is 30.0 Å². The van der Waals surface area contributed by atoms with Crippen LogP contribution in [0.4, 0.5) is 0 Å². The lowest BCUT2D eigenvalue weighted by atomic mass is 9.94. The van der Waals surface area contributed by atoms with E-state index < -0.39 is 5.97 Å². The molecule has 3 nitrogen and oxygen atoms in total. The van der Waals surface area contributed by atoms with Crippen LogP contribution >= 0.6 is 11.8 Å². The number of carbonyl (C=O) groups is 1. The molecule has 4 heteroatoms. The average Bonchev–Trinajstić information content (AvgIpc) is 2.59. The van der Waals surface area contributed by atoms with Crippen molar-refractivity contribution in [3.63, 3.8) is 0 Å². The van der Waals surface area contributed by atoms with Gasteiger partial charge in [-0.2, -0.15) is 11.8 Å². The molecular formula is C19H27NO2S. The summed E-state index contributed by atoms with van der Waals surface area (Å²) >= 11 is 1.65. The SMILES string of the molecule is CC.CCCC(C(=O)O)C(Cc1ccc2ccncc2c1)SC. The Balaban J connectivity index is 0.00000127. The Labute approximate surface area is 143 Å². The molecule has 0 radical (unpaired) electrons. The van der Waals surface area contributed by atoms with Crippen molar-refractivity contribution >= 4 is 28.5 Å². The van der Waals surface area contributed by atoms with Gasteiger partial charge in [-0.05, 0) is 42.2 Å². The molecule has 1 aromatic carbocycles. The first-order chi connectivity index (χ1) is 11.2. The largest absolute Gasteiger partial charge is 0.481 e. The van der Waals surface area contributed by atoms with Gasteiger partial charge >= 0.3 is 5.97 Å². The highest BCUT2D eigenvalue weighted by atomic mass is 32.2. The molecule has 1 heterocycles. The van der Waals surface area contributed by atoms with Gasteiger partial charge in [-0.15, -0.1) is 0 Å². The van der Waals surface area contributed by atoms with Gasteiger partial charge in [0, 0.05) is 23.0 Å². The second kappa shape index (κ2) is 10.3. The lowest BCUT2D eigenvalue weighted by Crippen LogP contribution is -2.27. The van der Waals surface area contributed by atoms with Gasteiger partial charge < -0.3 is 5.11 Å².